The number of halogens is 3. The number of nitrogens with one attached hydrogen (secondary N) is 1. The lowest BCUT2D eigenvalue weighted by Gasteiger charge is -2.14. The number of benzene rings is 3. The van der Waals surface area contributed by atoms with Crippen LogP contribution in [0.25, 0.3) is 11.0 Å². The molecule has 6 nitrogen and oxygen atoms in total. The van der Waals surface area contributed by atoms with Gasteiger partial charge in [0.1, 0.15) is 17.1 Å². The molecule has 0 fully saturated rings. The summed E-state index contributed by atoms with van der Waals surface area (Å²) in [7, 11) is 0. The Balaban J connectivity index is 1.60. The number of hydrogen-bond acceptors (Lipinski definition) is 5. The largest absolute Gasteiger partial charge is 0.484 e. The Hall–Kier alpha value is -4.27. The van der Waals surface area contributed by atoms with Crippen molar-refractivity contribution in [2.24, 2.45) is 0 Å². The number of amides is 1. The van der Waals surface area contributed by atoms with Crippen LogP contribution in [-0.4, -0.2) is 12.5 Å². The van der Waals surface area contributed by atoms with Crippen LogP contribution in [0.15, 0.2) is 69.9 Å². The topological polar surface area (TPSA) is 77.8 Å². The smallest absolute Gasteiger partial charge is 0.453 e. The summed E-state index contributed by atoms with van der Waals surface area (Å²) in [5.74, 6) is -2.86. The monoisotopic (exact) mass is 497 g/mol. The van der Waals surface area contributed by atoms with Gasteiger partial charge in [0.15, 0.2) is 6.61 Å². The molecule has 0 unspecified atom stereocenters. The molecule has 0 atom stereocenters. The van der Waals surface area contributed by atoms with Crippen LogP contribution < -0.4 is 20.2 Å². The molecule has 9 heteroatoms. The van der Waals surface area contributed by atoms with Crippen LogP contribution in [-0.2, 0) is 11.0 Å². The number of aryl methyl sites for hydroxylation is 2. The fourth-order valence-electron chi connectivity index (χ4n) is 3.47. The molecule has 0 bridgehead atoms. The fraction of sp³-hybridized carbons (Fsp3) is 0.185. The van der Waals surface area contributed by atoms with Crippen LogP contribution in [0.3, 0.4) is 0 Å². The summed E-state index contributed by atoms with van der Waals surface area (Å²) in [4.78, 5) is 25.2. The van der Waals surface area contributed by atoms with Crippen LogP contribution in [0.5, 0.6) is 17.2 Å². The van der Waals surface area contributed by atoms with E-state index in [1.54, 1.807) is 24.3 Å². The summed E-state index contributed by atoms with van der Waals surface area (Å²) in [6.45, 7) is 5.19. The Kier molecular flexibility index (Phi) is 6.74. The predicted molar refractivity (Wildman–Crippen MR) is 129 cm³/mol. The highest BCUT2D eigenvalue weighted by atomic mass is 19.4. The molecular weight excluding hydrogens is 475 g/mol. The Bertz CT molecular complexity index is 1490. The van der Waals surface area contributed by atoms with Gasteiger partial charge in [-0.3, -0.25) is 9.59 Å². The third-order valence-corrected chi connectivity index (χ3v) is 5.57. The molecule has 3 aromatic carbocycles. The Morgan fingerprint density at radius 2 is 1.67 bits per heavy atom. The SMILES string of the molecule is Cc1ccc(Oc2c(C(F)(F)F)oc3cc(OCC(=O)Nc4cccc(C)c4C)ccc3c2=O)cc1. The van der Waals surface area contributed by atoms with Crippen LogP contribution in [0.1, 0.15) is 22.5 Å². The average Bonchev–Trinajstić information content (AvgIpc) is 2.83. The molecule has 186 valence electrons. The van der Waals surface area contributed by atoms with Crippen molar-refractivity contribution in [1.29, 1.82) is 0 Å². The van der Waals surface area contributed by atoms with Gasteiger partial charge in [-0.25, -0.2) is 0 Å². The van der Waals surface area contributed by atoms with Gasteiger partial charge in [-0.1, -0.05) is 29.8 Å². The molecule has 0 spiro atoms. The molecule has 36 heavy (non-hydrogen) atoms. The van der Waals surface area contributed by atoms with Gasteiger partial charge in [-0.05, 0) is 62.2 Å². The van der Waals surface area contributed by atoms with E-state index in [0.29, 0.717) is 5.69 Å². The second kappa shape index (κ2) is 9.77. The third-order valence-electron chi connectivity index (χ3n) is 5.57. The first-order valence-corrected chi connectivity index (χ1v) is 10.9. The van der Waals surface area contributed by atoms with Crippen LogP contribution in [0, 0.1) is 20.8 Å². The van der Waals surface area contributed by atoms with Crippen molar-refractivity contribution in [2.45, 2.75) is 26.9 Å². The molecule has 0 radical (unpaired) electrons. The molecule has 0 saturated heterocycles. The molecule has 1 heterocycles. The van der Waals surface area contributed by atoms with Crippen molar-refractivity contribution in [1.82, 2.24) is 0 Å². The molecular formula is C27H22F3NO5. The van der Waals surface area contributed by atoms with Crippen LogP contribution >= 0.6 is 0 Å². The quantitative estimate of drug-likeness (QED) is 0.327. The molecule has 0 aliphatic carbocycles. The molecule has 1 N–H and O–H groups in total. The van der Waals surface area contributed by atoms with E-state index in [9.17, 15) is 22.8 Å². The highest BCUT2D eigenvalue weighted by Crippen LogP contribution is 2.38. The van der Waals surface area contributed by atoms with Crippen molar-refractivity contribution in [3.63, 3.8) is 0 Å². The first kappa shape index (κ1) is 24.8. The summed E-state index contributed by atoms with van der Waals surface area (Å²) in [6, 6.07) is 15.4. The van der Waals surface area contributed by atoms with E-state index in [1.807, 2.05) is 26.8 Å². The molecule has 4 rings (SSSR count). The number of alkyl halides is 3. The van der Waals surface area contributed by atoms with E-state index in [1.165, 1.54) is 24.3 Å². The third kappa shape index (κ3) is 5.35. The Morgan fingerprint density at radius 3 is 2.36 bits per heavy atom. The summed E-state index contributed by atoms with van der Waals surface area (Å²) >= 11 is 0. The maximum absolute atomic E-state index is 13.7. The van der Waals surface area contributed by atoms with E-state index in [0.717, 1.165) is 22.8 Å². The van der Waals surface area contributed by atoms with Crippen molar-refractivity contribution in [3.8, 4) is 17.2 Å². The Labute approximate surface area is 204 Å². The number of rotatable bonds is 6. The lowest BCUT2D eigenvalue weighted by atomic mass is 10.1. The van der Waals surface area contributed by atoms with Crippen molar-refractivity contribution in [2.75, 3.05) is 11.9 Å². The zero-order chi connectivity index (χ0) is 26.0. The average molecular weight is 497 g/mol. The summed E-state index contributed by atoms with van der Waals surface area (Å²) in [5.41, 5.74) is 2.08. The lowest BCUT2D eigenvalue weighted by Crippen LogP contribution is -2.21. The molecule has 1 amide bonds. The van der Waals surface area contributed by atoms with Gasteiger partial charge in [0.05, 0.1) is 5.39 Å². The van der Waals surface area contributed by atoms with Gasteiger partial charge in [0.2, 0.25) is 11.2 Å². The first-order valence-electron chi connectivity index (χ1n) is 10.9. The zero-order valence-electron chi connectivity index (χ0n) is 19.7. The van der Waals surface area contributed by atoms with E-state index >= 15 is 0 Å². The van der Waals surface area contributed by atoms with Gasteiger partial charge in [-0.2, -0.15) is 13.2 Å². The van der Waals surface area contributed by atoms with Crippen molar-refractivity contribution < 1.29 is 31.9 Å². The van der Waals surface area contributed by atoms with Gasteiger partial charge in [-0.15, -0.1) is 0 Å². The normalized spacial score (nSPS) is 11.4. The second-order valence-electron chi connectivity index (χ2n) is 8.24. The number of hydrogen-bond donors (Lipinski definition) is 1. The van der Waals surface area contributed by atoms with Crippen LogP contribution in [0.4, 0.5) is 18.9 Å². The van der Waals surface area contributed by atoms with E-state index in [2.05, 4.69) is 5.32 Å². The molecule has 0 saturated carbocycles. The predicted octanol–water partition coefficient (Wildman–Crippen LogP) is 6.55. The highest BCUT2D eigenvalue weighted by molar-refractivity contribution is 5.92. The lowest BCUT2D eigenvalue weighted by molar-refractivity contribution is -0.154. The van der Waals surface area contributed by atoms with E-state index in [-0.39, 0.29) is 22.5 Å². The van der Waals surface area contributed by atoms with Crippen molar-refractivity contribution in [3.05, 3.63) is 93.3 Å². The minimum absolute atomic E-state index is 0.0575. The number of ether oxygens (including phenoxy) is 2. The number of carbonyl (C=O) groups is 1. The number of fused-ring (bicyclic) bond motifs is 1. The summed E-state index contributed by atoms with van der Waals surface area (Å²) in [6.07, 6.45) is -4.99. The van der Waals surface area contributed by atoms with Crippen LogP contribution in [0.2, 0.25) is 0 Å². The van der Waals surface area contributed by atoms with Crippen molar-refractivity contribution >= 4 is 22.6 Å². The number of carbonyl (C=O) groups excluding carboxylic acids is 1. The van der Waals surface area contributed by atoms with Gasteiger partial charge >= 0.3 is 6.18 Å². The zero-order valence-corrected chi connectivity index (χ0v) is 19.7. The van der Waals surface area contributed by atoms with Gasteiger partial charge < -0.3 is 19.2 Å². The van der Waals surface area contributed by atoms with Gasteiger partial charge in [0, 0.05) is 11.8 Å². The first-order chi connectivity index (χ1) is 17.0. The molecule has 1 aromatic heterocycles. The minimum Gasteiger partial charge on any atom is -0.484 e. The maximum atomic E-state index is 13.7. The fourth-order valence-corrected chi connectivity index (χ4v) is 3.47. The summed E-state index contributed by atoms with van der Waals surface area (Å²) < 4.78 is 57.1. The highest BCUT2D eigenvalue weighted by Gasteiger charge is 2.40. The molecule has 4 aromatic rings. The van der Waals surface area contributed by atoms with Gasteiger partial charge in [0.25, 0.3) is 11.7 Å². The maximum Gasteiger partial charge on any atom is 0.453 e. The van der Waals surface area contributed by atoms with E-state index in [4.69, 9.17) is 13.9 Å². The van der Waals surface area contributed by atoms with E-state index < -0.39 is 35.6 Å². The summed E-state index contributed by atoms with van der Waals surface area (Å²) in [5, 5.41) is 2.60. The second-order valence-corrected chi connectivity index (χ2v) is 8.24. The Morgan fingerprint density at radius 1 is 0.972 bits per heavy atom. The molecule has 0 aliphatic heterocycles. The number of anilines is 1. The molecule has 0 aliphatic rings. The standard InChI is InChI=1S/C27H22F3NO5/c1-15-7-9-18(10-8-15)35-25-24(33)20-12-11-19(13-22(20)36-26(25)27(28,29)30)34-14-23(32)31-21-6-4-5-16(2)17(21)3/h4-13H,14H2,1-3H3,(H,31,32). The minimum atomic E-state index is -4.99.